The summed E-state index contributed by atoms with van der Waals surface area (Å²) in [5.41, 5.74) is 4.37. The summed E-state index contributed by atoms with van der Waals surface area (Å²) in [6.07, 6.45) is 9.85. The van der Waals surface area contributed by atoms with Crippen LogP contribution in [-0.4, -0.2) is 18.1 Å². The molecule has 0 aliphatic carbocycles. The Balaban J connectivity index is 0.00000288. The molecule has 0 spiro atoms. The summed E-state index contributed by atoms with van der Waals surface area (Å²) in [5.74, 6) is 1.10. The molecule has 24 heavy (non-hydrogen) atoms. The van der Waals surface area contributed by atoms with E-state index in [1.165, 1.54) is 49.0 Å². The monoisotopic (exact) mass is 394 g/mol. The molecule has 1 aromatic carbocycles. The third-order valence-electron chi connectivity index (χ3n) is 4.72. The van der Waals surface area contributed by atoms with Crippen molar-refractivity contribution < 1.29 is 0 Å². The second-order valence-corrected chi connectivity index (χ2v) is 7.38. The first-order chi connectivity index (χ1) is 11.0. The topological polar surface area (TPSA) is 6.48 Å². The van der Waals surface area contributed by atoms with Crippen molar-refractivity contribution in [2.24, 2.45) is 0 Å². The third kappa shape index (κ3) is 5.27. The smallest absolute Gasteiger partial charge is 0.0942 e. The summed E-state index contributed by atoms with van der Waals surface area (Å²) < 4.78 is 0. The fourth-order valence-corrected chi connectivity index (χ4v) is 3.34. The number of para-hydroxylation sites is 1. The zero-order valence-electron chi connectivity index (χ0n) is 16.1. The molecule has 1 aliphatic rings. The van der Waals surface area contributed by atoms with E-state index < -0.39 is 0 Å². The highest BCUT2D eigenvalue weighted by atomic mass is 79.9. The molecule has 0 atom stereocenters. The lowest BCUT2D eigenvalue weighted by molar-refractivity contribution is 0.389. The maximum atomic E-state index is 2.46. The maximum Gasteiger partial charge on any atom is 0.0942 e. The molecule has 1 aliphatic heterocycles. The average molecular weight is 395 g/mol. The number of hydrogen-bond acceptors (Lipinski definition) is 2. The molecule has 0 bridgehead atoms. The Labute approximate surface area is 159 Å². The molecule has 2 rings (SSSR count). The van der Waals surface area contributed by atoms with Crippen molar-refractivity contribution in [3.8, 4) is 0 Å². The van der Waals surface area contributed by atoms with Gasteiger partial charge in [-0.25, -0.2) is 0 Å². The lowest BCUT2D eigenvalue weighted by Crippen LogP contribution is -2.27. The molecule has 2 nitrogen and oxygen atoms in total. The number of nitrogens with zero attached hydrogens (tertiary/aromatic N) is 2. The summed E-state index contributed by atoms with van der Waals surface area (Å²) in [6.45, 7) is 13.6. The van der Waals surface area contributed by atoms with Gasteiger partial charge in [0.25, 0.3) is 0 Å². The Bertz CT molecular complexity index is 496. The Morgan fingerprint density at radius 2 is 1.54 bits per heavy atom. The van der Waals surface area contributed by atoms with Gasteiger partial charge in [-0.3, -0.25) is 0 Å². The van der Waals surface area contributed by atoms with E-state index in [1.54, 1.807) is 0 Å². The van der Waals surface area contributed by atoms with E-state index in [1.807, 2.05) is 0 Å². The third-order valence-corrected chi connectivity index (χ3v) is 4.72. The van der Waals surface area contributed by atoms with E-state index in [4.69, 9.17) is 0 Å². The molecule has 0 aromatic heterocycles. The Kier molecular flexibility index (Phi) is 8.90. The zero-order chi connectivity index (χ0) is 16.8. The Morgan fingerprint density at radius 3 is 2.08 bits per heavy atom. The van der Waals surface area contributed by atoms with E-state index in [0.29, 0.717) is 11.8 Å². The molecular weight excluding hydrogens is 360 g/mol. The van der Waals surface area contributed by atoms with Crippen LogP contribution in [0.25, 0.3) is 0 Å². The number of rotatable bonds is 8. The molecule has 0 saturated carbocycles. The normalized spacial score (nSPS) is 14.0. The predicted octanol–water partition coefficient (Wildman–Crippen LogP) is 6.64. The van der Waals surface area contributed by atoms with E-state index in [2.05, 4.69) is 75.0 Å². The molecular formula is C21H35BrN2. The Hall–Kier alpha value is -0.960. The van der Waals surface area contributed by atoms with Gasteiger partial charge in [0, 0.05) is 24.6 Å². The minimum Gasteiger partial charge on any atom is -0.358 e. The van der Waals surface area contributed by atoms with Gasteiger partial charge in [-0.05, 0) is 29.4 Å². The van der Waals surface area contributed by atoms with Crippen LogP contribution in [-0.2, 0) is 0 Å². The number of benzene rings is 1. The summed E-state index contributed by atoms with van der Waals surface area (Å²) in [7, 11) is 0. The molecule has 0 fully saturated rings. The van der Waals surface area contributed by atoms with Crippen LogP contribution in [0.1, 0.15) is 83.3 Å². The van der Waals surface area contributed by atoms with Gasteiger partial charge >= 0.3 is 0 Å². The largest absolute Gasteiger partial charge is 0.358 e. The van der Waals surface area contributed by atoms with Crippen molar-refractivity contribution >= 4 is 22.7 Å². The Morgan fingerprint density at radius 1 is 0.917 bits per heavy atom. The number of hydrogen-bond donors (Lipinski definition) is 0. The molecule has 1 aromatic rings. The van der Waals surface area contributed by atoms with Crippen LogP contribution in [0, 0.1) is 0 Å². The highest BCUT2D eigenvalue weighted by molar-refractivity contribution is 8.93. The van der Waals surface area contributed by atoms with Crippen molar-refractivity contribution in [1.29, 1.82) is 0 Å². The average Bonchev–Trinajstić information content (AvgIpc) is 2.99. The summed E-state index contributed by atoms with van der Waals surface area (Å²) in [5, 5.41) is 0. The van der Waals surface area contributed by atoms with Gasteiger partial charge in [-0.2, -0.15) is 0 Å². The van der Waals surface area contributed by atoms with Gasteiger partial charge in [-0.15, -0.1) is 17.0 Å². The fourth-order valence-electron chi connectivity index (χ4n) is 3.34. The molecule has 1 heterocycles. The highest BCUT2D eigenvalue weighted by Crippen LogP contribution is 2.36. The predicted molar refractivity (Wildman–Crippen MR) is 112 cm³/mol. The van der Waals surface area contributed by atoms with Crippen LogP contribution in [0.15, 0.2) is 30.6 Å². The molecule has 3 heteroatoms. The number of anilines is 1. The summed E-state index contributed by atoms with van der Waals surface area (Å²) >= 11 is 0. The lowest BCUT2D eigenvalue weighted by Gasteiger charge is -2.28. The zero-order valence-corrected chi connectivity index (χ0v) is 17.8. The standard InChI is InChI=1S/C21H34N2.BrH/c1-6-7-8-9-13-22-14-15-23(16-22)21-19(17(2)3)11-10-12-20(21)18(4)5;/h10-12,14-15,17-18H,6-9,13,16H2,1-5H3;1H. The van der Waals surface area contributed by atoms with Gasteiger partial charge in [0.05, 0.1) is 6.67 Å². The molecule has 0 unspecified atom stereocenters. The van der Waals surface area contributed by atoms with Crippen LogP contribution in [0.3, 0.4) is 0 Å². The van der Waals surface area contributed by atoms with Crippen LogP contribution in [0.2, 0.25) is 0 Å². The summed E-state index contributed by atoms with van der Waals surface area (Å²) in [4.78, 5) is 4.90. The van der Waals surface area contributed by atoms with Crippen LogP contribution in [0.5, 0.6) is 0 Å². The number of halogens is 1. The van der Waals surface area contributed by atoms with E-state index in [9.17, 15) is 0 Å². The van der Waals surface area contributed by atoms with E-state index >= 15 is 0 Å². The van der Waals surface area contributed by atoms with Gasteiger partial charge in [0.15, 0.2) is 0 Å². The maximum absolute atomic E-state index is 2.46. The van der Waals surface area contributed by atoms with Crippen molar-refractivity contribution in [2.75, 3.05) is 18.1 Å². The van der Waals surface area contributed by atoms with Crippen LogP contribution < -0.4 is 4.90 Å². The molecule has 0 radical (unpaired) electrons. The van der Waals surface area contributed by atoms with Gasteiger partial charge in [0.1, 0.15) is 0 Å². The van der Waals surface area contributed by atoms with Crippen molar-refractivity contribution in [3.63, 3.8) is 0 Å². The second-order valence-electron chi connectivity index (χ2n) is 7.38. The minimum atomic E-state index is 0. The second kappa shape index (κ2) is 10.1. The lowest BCUT2D eigenvalue weighted by atomic mass is 9.92. The van der Waals surface area contributed by atoms with Gasteiger partial charge in [0.2, 0.25) is 0 Å². The highest BCUT2D eigenvalue weighted by Gasteiger charge is 2.21. The van der Waals surface area contributed by atoms with Crippen molar-refractivity contribution in [3.05, 3.63) is 41.7 Å². The fraction of sp³-hybridized carbons (Fsp3) is 0.619. The van der Waals surface area contributed by atoms with Crippen molar-refractivity contribution in [2.45, 2.75) is 72.1 Å². The molecule has 0 N–H and O–H groups in total. The van der Waals surface area contributed by atoms with Gasteiger partial charge in [-0.1, -0.05) is 72.1 Å². The van der Waals surface area contributed by atoms with E-state index in [0.717, 1.165) is 6.67 Å². The van der Waals surface area contributed by atoms with E-state index in [-0.39, 0.29) is 17.0 Å². The molecule has 136 valence electrons. The first-order valence-corrected chi connectivity index (χ1v) is 9.36. The first kappa shape index (κ1) is 21.1. The molecule has 0 saturated heterocycles. The van der Waals surface area contributed by atoms with Crippen molar-refractivity contribution in [1.82, 2.24) is 4.90 Å². The van der Waals surface area contributed by atoms with Crippen LogP contribution >= 0.6 is 17.0 Å². The molecule has 0 amide bonds. The van der Waals surface area contributed by atoms with Crippen LogP contribution in [0.4, 0.5) is 5.69 Å². The quantitative estimate of drug-likeness (QED) is 0.455. The summed E-state index contributed by atoms with van der Waals surface area (Å²) in [6, 6.07) is 6.81. The SMILES string of the molecule is Br.CCCCCCN1C=CN(c2c(C(C)C)cccc2C(C)C)C1. The van der Waals surface area contributed by atoms with Gasteiger partial charge < -0.3 is 9.80 Å². The first-order valence-electron chi connectivity index (χ1n) is 9.36. The minimum absolute atomic E-state index is 0. The number of unbranched alkanes of at least 4 members (excludes halogenated alkanes) is 3.